The van der Waals surface area contributed by atoms with Crippen molar-refractivity contribution >= 4 is 64.0 Å². The number of nitrogens with zero attached hydrogens (tertiary/aromatic N) is 1. The molecule has 2 rings (SSSR count). The minimum atomic E-state index is -0.761. The molecule has 0 aliphatic heterocycles. The van der Waals surface area contributed by atoms with Crippen LogP contribution in [0.15, 0.2) is 30.3 Å². The predicted molar refractivity (Wildman–Crippen MR) is 87.2 cm³/mol. The molecule has 9 heteroatoms. The number of benzene rings is 1. The van der Waals surface area contributed by atoms with Gasteiger partial charge in [-0.15, -0.1) is 0 Å². The highest BCUT2D eigenvalue weighted by Crippen LogP contribution is 2.26. The number of halogens is 4. The fourth-order valence-electron chi connectivity index (χ4n) is 1.50. The molecule has 5 nitrogen and oxygen atoms in total. The van der Waals surface area contributed by atoms with E-state index in [2.05, 4.69) is 15.6 Å². The van der Waals surface area contributed by atoms with Crippen LogP contribution in [0, 0.1) is 0 Å². The summed E-state index contributed by atoms with van der Waals surface area (Å²) in [6.07, 6.45) is 0. The fourth-order valence-corrected chi connectivity index (χ4v) is 2.24. The third kappa shape index (κ3) is 4.24. The maximum atomic E-state index is 12.0. The van der Waals surface area contributed by atoms with Crippen molar-refractivity contribution in [2.45, 2.75) is 0 Å². The summed E-state index contributed by atoms with van der Waals surface area (Å²) in [4.78, 5) is 27.4. The molecule has 22 heavy (non-hydrogen) atoms. The first-order chi connectivity index (χ1) is 10.4. The van der Waals surface area contributed by atoms with Gasteiger partial charge in [-0.2, -0.15) is 0 Å². The Bertz CT molecular complexity index is 735. The lowest BCUT2D eigenvalue weighted by Gasteiger charge is -2.08. The highest BCUT2D eigenvalue weighted by molar-refractivity contribution is 6.44. The van der Waals surface area contributed by atoms with Crippen LogP contribution in [0.1, 0.15) is 10.4 Å². The molecule has 114 valence electrons. The summed E-state index contributed by atoms with van der Waals surface area (Å²) in [5.41, 5.74) is 0.407. The molecule has 0 aliphatic carbocycles. The van der Waals surface area contributed by atoms with Crippen LogP contribution in [-0.4, -0.2) is 16.9 Å². The first-order valence-electron chi connectivity index (χ1n) is 5.76. The number of amides is 3. The van der Waals surface area contributed by atoms with Gasteiger partial charge in [-0.1, -0.05) is 46.4 Å². The molecule has 0 unspecified atom stereocenters. The molecule has 0 aliphatic rings. The lowest BCUT2D eigenvalue weighted by Crippen LogP contribution is -2.34. The summed E-state index contributed by atoms with van der Waals surface area (Å²) in [5, 5.41) is 4.85. The van der Waals surface area contributed by atoms with E-state index in [1.165, 1.54) is 6.07 Å². The zero-order chi connectivity index (χ0) is 16.3. The number of hydrogen-bond donors (Lipinski definition) is 2. The van der Waals surface area contributed by atoms with E-state index in [0.717, 1.165) is 0 Å². The monoisotopic (exact) mass is 377 g/mol. The molecule has 1 aromatic heterocycles. The van der Waals surface area contributed by atoms with E-state index in [9.17, 15) is 9.59 Å². The van der Waals surface area contributed by atoms with Crippen LogP contribution < -0.4 is 10.6 Å². The Morgan fingerprint density at radius 3 is 2.27 bits per heavy atom. The van der Waals surface area contributed by atoms with Crippen LogP contribution in [0.3, 0.4) is 0 Å². The standard InChI is InChI=1S/C13H7Cl4N3O2/c14-6-1-3-7(4-2-6)18-13(22)20-12(21)8-5-9(15)19-11(17)10(8)16/h1-5H,(H2,18,20,21,22). The summed E-state index contributed by atoms with van der Waals surface area (Å²) >= 11 is 23.0. The normalized spacial score (nSPS) is 10.2. The Hall–Kier alpha value is -1.53. The molecule has 0 saturated carbocycles. The minimum Gasteiger partial charge on any atom is -0.308 e. The number of anilines is 1. The molecule has 0 fully saturated rings. The van der Waals surface area contributed by atoms with Crippen molar-refractivity contribution in [3.8, 4) is 0 Å². The third-order valence-electron chi connectivity index (χ3n) is 2.46. The molecule has 1 heterocycles. The van der Waals surface area contributed by atoms with Crippen molar-refractivity contribution in [3.05, 3.63) is 56.2 Å². The average Bonchev–Trinajstić information content (AvgIpc) is 2.45. The second-order valence-corrected chi connectivity index (χ2v) is 5.57. The summed E-state index contributed by atoms with van der Waals surface area (Å²) in [6, 6.07) is 6.82. The maximum absolute atomic E-state index is 12.0. The Morgan fingerprint density at radius 1 is 1.00 bits per heavy atom. The van der Waals surface area contributed by atoms with E-state index < -0.39 is 11.9 Å². The number of pyridine rings is 1. The number of imide groups is 1. The van der Waals surface area contributed by atoms with Gasteiger partial charge in [0, 0.05) is 10.7 Å². The summed E-state index contributed by atoms with van der Waals surface area (Å²) in [5.74, 6) is -0.761. The second-order valence-electron chi connectivity index (χ2n) is 4.01. The van der Waals surface area contributed by atoms with Gasteiger partial charge in [0.15, 0.2) is 0 Å². The molecule has 2 N–H and O–H groups in total. The first-order valence-corrected chi connectivity index (χ1v) is 7.27. The molecule has 0 saturated heterocycles. The van der Waals surface area contributed by atoms with Gasteiger partial charge in [0.25, 0.3) is 5.91 Å². The van der Waals surface area contributed by atoms with Gasteiger partial charge in [0.2, 0.25) is 0 Å². The quantitative estimate of drug-likeness (QED) is 0.746. The third-order valence-corrected chi connectivity index (χ3v) is 3.66. The van der Waals surface area contributed by atoms with Gasteiger partial charge in [0.05, 0.1) is 10.6 Å². The van der Waals surface area contributed by atoms with Gasteiger partial charge in [0.1, 0.15) is 10.3 Å². The minimum absolute atomic E-state index is 0.0161. The largest absolute Gasteiger partial charge is 0.326 e. The number of urea groups is 1. The van der Waals surface area contributed by atoms with E-state index in [1.807, 2.05) is 0 Å². The summed E-state index contributed by atoms with van der Waals surface area (Å²) in [6.45, 7) is 0. The Kier molecular flexibility index (Phi) is 5.47. The van der Waals surface area contributed by atoms with Crippen molar-refractivity contribution in [3.63, 3.8) is 0 Å². The SMILES string of the molecule is O=C(NC(=O)c1cc(Cl)nc(Cl)c1Cl)Nc1ccc(Cl)cc1. The van der Waals surface area contributed by atoms with Crippen molar-refractivity contribution in [1.29, 1.82) is 0 Å². The van der Waals surface area contributed by atoms with Crippen LogP contribution in [0.2, 0.25) is 20.4 Å². The molecule has 3 amide bonds. The number of nitrogens with one attached hydrogen (secondary N) is 2. The lowest BCUT2D eigenvalue weighted by atomic mass is 10.2. The molecule has 1 aromatic carbocycles. The fraction of sp³-hybridized carbons (Fsp3) is 0. The van der Waals surface area contributed by atoms with Crippen molar-refractivity contribution in [2.75, 3.05) is 5.32 Å². The van der Waals surface area contributed by atoms with Crippen molar-refractivity contribution < 1.29 is 9.59 Å². The van der Waals surface area contributed by atoms with Crippen LogP contribution in [0.5, 0.6) is 0 Å². The van der Waals surface area contributed by atoms with Crippen LogP contribution in [0.4, 0.5) is 10.5 Å². The van der Waals surface area contributed by atoms with Gasteiger partial charge >= 0.3 is 6.03 Å². The number of carbonyl (C=O) groups is 2. The molecule has 0 bridgehead atoms. The van der Waals surface area contributed by atoms with E-state index in [4.69, 9.17) is 46.4 Å². The molecule has 2 aromatic rings. The van der Waals surface area contributed by atoms with Gasteiger partial charge < -0.3 is 5.32 Å². The molecule has 0 atom stereocenters. The van der Waals surface area contributed by atoms with Gasteiger partial charge in [-0.05, 0) is 30.3 Å². The highest BCUT2D eigenvalue weighted by Gasteiger charge is 2.17. The first kappa shape index (κ1) is 16.8. The van der Waals surface area contributed by atoms with Gasteiger partial charge in [-0.3, -0.25) is 10.1 Å². The summed E-state index contributed by atoms with van der Waals surface area (Å²) in [7, 11) is 0. The lowest BCUT2D eigenvalue weighted by molar-refractivity contribution is 0.0967. The van der Waals surface area contributed by atoms with Crippen molar-refractivity contribution in [2.24, 2.45) is 0 Å². The second kappa shape index (κ2) is 7.15. The molecule has 0 radical (unpaired) electrons. The smallest absolute Gasteiger partial charge is 0.308 e. The number of hydrogen-bond acceptors (Lipinski definition) is 3. The molecular formula is C13H7Cl4N3O2. The Morgan fingerprint density at radius 2 is 1.64 bits per heavy atom. The van der Waals surface area contributed by atoms with Gasteiger partial charge in [-0.25, -0.2) is 9.78 Å². The topological polar surface area (TPSA) is 71.1 Å². The van der Waals surface area contributed by atoms with E-state index in [0.29, 0.717) is 10.7 Å². The average molecular weight is 379 g/mol. The van der Waals surface area contributed by atoms with E-state index >= 15 is 0 Å². The van der Waals surface area contributed by atoms with E-state index in [1.54, 1.807) is 24.3 Å². The number of aromatic nitrogens is 1. The zero-order valence-electron chi connectivity index (χ0n) is 10.7. The molecular weight excluding hydrogens is 372 g/mol. The zero-order valence-corrected chi connectivity index (χ0v) is 13.7. The number of rotatable bonds is 2. The van der Waals surface area contributed by atoms with Crippen LogP contribution in [0.25, 0.3) is 0 Å². The number of carbonyl (C=O) groups excluding carboxylic acids is 2. The van der Waals surface area contributed by atoms with Crippen molar-refractivity contribution in [1.82, 2.24) is 10.3 Å². The van der Waals surface area contributed by atoms with Crippen LogP contribution >= 0.6 is 46.4 Å². The molecule has 0 spiro atoms. The highest BCUT2D eigenvalue weighted by atomic mass is 35.5. The Balaban J connectivity index is 2.08. The van der Waals surface area contributed by atoms with Crippen LogP contribution in [-0.2, 0) is 0 Å². The maximum Gasteiger partial charge on any atom is 0.326 e. The Labute approximate surface area is 145 Å². The predicted octanol–water partition coefficient (Wildman–Crippen LogP) is 4.66. The van der Waals surface area contributed by atoms with E-state index in [-0.39, 0.29) is 20.9 Å². The summed E-state index contributed by atoms with van der Waals surface area (Å²) < 4.78 is 0.